The number of hydrogen-bond acceptors (Lipinski definition) is 5. The Hall–Kier alpha value is -2.87. The molecule has 0 atom stereocenters. The summed E-state index contributed by atoms with van der Waals surface area (Å²) in [4.78, 5) is 23.8. The number of hydrogen-bond donors (Lipinski definition) is 2. The van der Waals surface area contributed by atoms with Gasteiger partial charge in [-0.25, -0.2) is 13.2 Å². The molecule has 0 aliphatic rings. The fourth-order valence-electron chi connectivity index (χ4n) is 2.79. The number of rotatable bonds is 12. The molecule has 7 nitrogen and oxygen atoms in total. The van der Waals surface area contributed by atoms with Gasteiger partial charge in [-0.15, -0.1) is 0 Å². The highest BCUT2D eigenvalue weighted by atomic mass is 32.2. The number of nitrogens with one attached hydrogen (secondary N) is 2. The first-order chi connectivity index (χ1) is 14.9. The van der Waals surface area contributed by atoms with Crippen LogP contribution in [0.15, 0.2) is 53.4 Å². The van der Waals surface area contributed by atoms with Crippen LogP contribution in [0, 0.1) is 0 Å². The van der Waals surface area contributed by atoms with Crippen LogP contribution in [0.2, 0.25) is 0 Å². The van der Waals surface area contributed by atoms with Crippen LogP contribution in [-0.4, -0.2) is 33.4 Å². The Balaban J connectivity index is 2.00. The van der Waals surface area contributed by atoms with Crippen LogP contribution in [0.4, 0.5) is 5.69 Å². The van der Waals surface area contributed by atoms with E-state index in [1.165, 1.54) is 24.3 Å². The Bertz CT molecular complexity index is 972. The molecule has 0 saturated heterocycles. The molecule has 0 aliphatic carbocycles. The molecule has 2 rings (SSSR count). The number of amides is 1. The Morgan fingerprint density at radius 2 is 1.68 bits per heavy atom. The molecule has 0 saturated carbocycles. The van der Waals surface area contributed by atoms with E-state index in [9.17, 15) is 18.0 Å². The topological polar surface area (TPSA) is 102 Å². The maximum Gasteiger partial charge on any atom is 0.338 e. The summed E-state index contributed by atoms with van der Waals surface area (Å²) in [6.07, 6.45) is 4.90. The predicted molar refractivity (Wildman–Crippen MR) is 121 cm³/mol. The SMILES string of the molecule is CCCCNC(=O)COC(=O)c1cccc(S(=O)(=O)Nc2ccc(CCCC)cc2)c1. The van der Waals surface area contributed by atoms with Crippen LogP contribution in [0.1, 0.15) is 55.5 Å². The van der Waals surface area contributed by atoms with E-state index in [-0.39, 0.29) is 10.5 Å². The van der Waals surface area contributed by atoms with Gasteiger partial charge >= 0.3 is 5.97 Å². The van der Waals surface area contributed by atoms with Gasteiger partial charge in [-0.05, 0) is 55.2 Å². The summed E-state index contributed by atoms with van der Waals surface area (Å²) in [5.74, 6) is -1.16. The standard InChI is InChI=1S/C23H30N2O5S/c1-3-5-8-18-11-13-20(14-12-18)25-31(28,29)21-10-7-9-19(16-21)23(27)30-17-22(26)24-15-6-4-2/h7,9-14,16,25H,3-6,8,15,17H2,1-2H3,(H,24,26). The summed E-state index contributed by atoms with van der Waals surface area (Å²) in [7, 11) is -3.88. The molecule has 0 aromatic heterocycles. The number of sulfonamides is 1. The van der Waals surface area contributed by atoms with Gasteiger partial charge in [0, 0.05) is 12.2 Å². The van der Waals surface area contributed by atoms with E-state index in [4.69, 9.17) is 4.74 Å². The molecule has 31 heavy (non-hydrogen) atoms. The van der Waals surface area contributed by atoms with Gasteiger partial charge in [-0.2, -0.15) is 0 Å². The molecular formula is C23H30N2O5S. The van der Waals surface area contributed by atoms with Crippen molar-refractivity contribution in [1.82, 2.24) is 5.32 Å². The van der Waals surface area contributed by atoms with Gasteiger partial charge in [0.25, 0.3) is 15.9 Å². The van der Waals surface area contributed by atoms with Crippen molar-refractivity contribution in [3.63, 3.8) is 0 Å². The van der Waals surface area contributed by atoms with E-state index >= 15 is 0 Å². The summed E-state index contributed by atoms with van der Waals surface area (Å²) in [6, 6.07) is 12.8. The van der Waals surface area contributed by atoms with Crippen molar-refractivity contribution < 1.29 is 22.7 Å². The van der Waals surface area contributed by atoms with Gasteiger partial charge in [0.1, 0.15) is 0 Å². The predicted octanol–water partition coefficient (Wildman–Crippen LogP) is 3.90. The molecular weight excluding hydrogens is 416 g/mol. The van der Waals surface area contributed by atoms with Crippen LogP contribution >= 0.6 is 0 Å². The molecule has 0 fully saturated rings. The first-order valence-corrected chi connectivity index (χ1v) is 12.0. The Kier molecular flexibility index (Phi) is 9.52. The molecule has 2 N–H and O–H groups in total. The van der Waals surface area contributed by atoms with Crippen LogP contribution in [-0.2, 0) is 26.0 Å². The van der Waals surface area contributed by atoms with Gasteiger partial charge in [0.15, 0.2) is 6.61 Å². The summed E-state index contributed by atoms with van der Waals surface area (Å²) in [6.45, 7) is 4.23. The fourth-order valence-corrected chi connectivity index (χ4v) is 3.90. The Morgan fingerprint density at radius 3 is 2.35 bits per heavy atom. The zero-order valence-corrected chi connectivity index (χ0v) is 18.8. The van der Waals surface area contributed by atoms with Gasteiger partial charge in [0.2, 0.25) is 0 Å². The van der Waals surface area contributed by atoms with E-state index in [0.717, 1.165) is 37.7 Å². The van der Waals surface area contributed by atoms with Gasteiger partial charge in [-0.1, -0.05) is 44.9 Å². The minimum absolute atomic E-state index is 0.0548. The number of carbonyl (C=O) groups is 2. The van der Waals surface area contributed by atoms with Crippen molar-refractivity contribution in [2.24, 2.45) is 0 Å². The molecule has 8 heteroatoms. The second-order valence-corrected chi connectivity index (χ2v) is 8.90. The Morgan fingerprint density at radius 1 is 0.968 bits per heavy atom. The van der Waals surface area contributed by atoms with Gasteiger partial charge in [0.05, 0.1) is 10.5 Å². The van der Waals surface area contributed by atoms with Crippen molar-refractivity contribution >= 4 is 27.6 Å². The van der Waals surface area contributed by atoms with E-state index in [1.807, 2.05) is 19.1 Å². The quantitative estimate of drug-likeness (QED) is 0.380. The maximum atomic E-state index is 12.7. The number of unbranched alkanes of at least 4 members (excludes halogenated alkanes) is 2. The molecule has 2 aromatic carbocycles. The molecule has 0 bridgehead atoms. The van der Waals surface area contributed by atoms with E-state index in [1.54, 1.807) is 12.1 Å². The fraction of sp³-hybridized carbons (Fsp3) is 0.391. The second-order valence-electron chi connectivity index (χ2n) is 7.21. The van der Waals surface area contributed by atoms with Gasteiger partial charge < -0.3 is 10.1 Å². The first-order valence-electron chi connectivity index (χ1n) is 10.5. The summed E-state index contributed by atoms with van der Waals surface area (Å²) >= 11 is 0. The van der Waals surface area contributed by atoms with Crippen molar-refractivity contribution in [2.75, 3.05) is 17.9 Å². The average molecular weight is 447 g/mol. The molecule has 168 valence electrons. The second kappa shape index (κ2) is 12.1. The van der Waals surface area contributed by atoms with E-state index in [0.29, 0.717) is 12.2 Å². The zero-order valence-electron chi connectivity index (χ0n) is 18.0. The van der Waals surface area contributed by atoms with Crippen LogP contribution in [0.5, 0.6) is 0 Å². The highest BCUT2D eigenvalue weighted by Gasteiger charge is 2.18. The number of ether oxygens (including phenoxy) is 1. The largest absolute Gasteiger partial charge is 0.452 e. The molecule has 1 amide bonds. The molecule has 0 aliphatic heterocycles. The monoisotopic (exact) mass is 446 g/mol. The third-order valence-corrected chi connectivity index (χ3v) is 5.97. The summed E-state index contributed by atoms with van der Waals surface area (Å²) in [5, 5.41) is 2.65. The number of benzene rings is 2. The third-order valence-electron chi connectivity index (χ3n) is 4.59. The highest BCUT2D eigenvalue weighted by Crippen LogP contribution is 2.19. The van der Waals surface area contributed by atoms with E-state index in [2.05, 4.69) is 17.0 Å². The molecule has 0 spiro atoms. The average Bonchev–Trinajstić information content (AvgIpc) is 2.77. The van der Waals surface area contributed by atoms with Crippen LogP contribution in [0.25, 0.3) is 0 Å². The molecule has 0 radical (unpaired) electrons. The van der Waals surface area contributed by atoms with Gasteiger partial charge in [-0.3, -0.25) is 9.52 Å². The third kappa shape index (κ3) is 8.05. The lowest BCUT2D eigenvalue weighted by atomic mass is 10.1. The van der Waals surface area contributed by atoms with Crippen molar-refractivity contribution in [2.45, 2.75) is 50.8 Å². The number of esters is 1. The zero-order chi connectivity index (χ0) is 22.7. The van der Waals surface area contributed by atoms with Crippen molar-refractivity contribution in [3.05, 3.63) is 59.7 Å². The summed E-state index contributed by atoms with van der Waals surface area (Å²) < 4.78 is 32.9. The lowest BCUT2D eigenvalue weighted by Gasteiger charge is -2.10. The van der Waals surface area contributed by atoms with Crippen LogP contribution < -0.4 is 10.0 Å². The minimum atomic E-state index is -3.88. The van der Waals surface area contributed by atoms with Crippen molar-refractivity contribution in [1.29, 1.82) is 0 Å². The molecule has 0 heterocycles. The maximum absolute atomic E-state index is 12.7. The first kappa shape index (κ1) is 24.4. The van der Waals surface area contributed by atoms with E-state index < -0.39 is 28.5 Å². The number of anilines is 1. The smallest absolute Gasteiger partial charge is 0.338 e. The minimum Gasteiger partial charge on any atom is -0.452 e. The lowest BCUT2D eigenvalue weighted by Crippen LogP contribution is -2.29. The van der Waals surface area contributed by atoms with Crippen molar-refractivity contribution in [3.8, 4) is 0 Å². The number of aryl methyl sites for hydroxylation is 1. The molecule has 2 aromatic rings. The summed E-state index contributed by atoms with van der Waals surface area (Å²) in [5.41, 5.74) is 1.64. The normalized spacial score (nSPS) is 11.0. The Labute approximate surface area is 184 Å². The van der Waals surface area contributed by atoms with Crippen LogP contribution in [0.3, 0.4) is 0 Å². The number of carbonyl (C=O) groups excluding carboxylic acids is 2. The molecule has 0 unspecified atom stereocenters. The highest BCUT2D eigenvalue weighted by molar-refractivity contribution is 7.92. The lowest BCUT2D eigenvalue weighted by molar-refractivity contribution is -0.124.